The van der Waals surface area contributed by atoms with Crippen LogP contribution in [0.15, 0.2) is 40.0 Å². The van der Waals surface area contributed by atoms with E-state index in [-0.39, 0.29) is 17.3 Å². The van der Waals surface area contributed by atoms with Crippen molar-refractivity contribution in [3.63, 3.8) is 0 Å². The maximum absolute atomic E-state index is 12.5. The van der Waals surface area contributed by atoms with E-state index in [9.17, 15) is 14.4 Å². The van der Waals surface area contributed by atoms with Gasteiger partial charge in [-0.05, 0) is 24.6 Å². The van der Waals surface area contributed by atoms with Crippen molar-refractivity contribution in [2.75, 3.05) is 13.7 Å². The number of carbonyl (C=O) groups is 3. The summed E-state index contributed by atoms with van der Waals surface area (Å²) in [7, 11) is 1.25. The first-order chi connectivity index (χ1) is 11.4. The molecule has 2 heterocycles. The van der Waals surface area contributed by atoms with Crippen LogP contribution in [-0.4, -0.2) is 42.5 Å². The molecule has 1 aromatic rings. The minimum atomic E-state index is -0.757. The van der Waals surface area contributed by atoms with E-state index in [1.807, 2.05) is 6.07 Å². The summed E-state index contributed by atoms with van der Waals surface area (Å²) in [6, 6.07) is 5.82. The number of methoxy groups -OCH3 is 1. The Bertz CT molecular complexity index is 761. The van der Waals surface area contributed by atoms with Gasteiger partial charge < -0.3 is 15.4 Å². The van der Waals surface area contributed by atoms with Crippen molar-refractivity contribution in [2.45, 2.75) is 19.0 Å². The third kappa shape index (κ3) is 2.77. The fourth-order valence-electron chi connectivity index (χ4n) is 2.95. The van der Waals surface area contributed by atoms with Gasteiger partial charge in [-0.3, -0.25) is 9.69 Å². The molecular weight excluding hydrogens is 378 g/mol. The molecule has 2 aliphatic heterocycles. The highest BCUT2D eigenvalue weighted by Crippen LogP contribution is 2.33. The van der Waals surface area contributed by atoms with Crippen LogP contribution < -0.4 is 10.6 Å². The van der Waals surface area contributed by atoms with Gasteiger partial charge in [0.1, 0.15) is 5.70 Å². The lowest BCUT2D eigenvalue weighted by atomic mass is 9.93. The Morgan fingerprint density at radius 2 is 2.08 bits per heavy atom. The minimum absolute atomic E-state index is 0.0497. The summed E-state index contributed by atoms with van der Waals surface area (Å²) in [5.74, 6) is -1.10. The zero-order chi connectivity index (χ0) is 17.4. The summed E-state index contributed by atoms with van der Waals surface area (Å²) < 4.78 is 5.66. The predicted octanol–water partition coefficient (Wildman–Crippen LogP) is 1.46. The lowest BCUT2D eigenvalue weighted by molar-refractivity contribution is -0.137. The molecule has 1 fully saturated rings. The van der Waals surface area contributed by atoms with Crippen LogP contribution in [0, 0.1) is 0 Å². The van der Waals surface area contributed by atoms with E-state index >= 15 is 0 Å². The summed E-state index contributed by atoms with van der Waals surface area (Å²) in [5, 5.41) is 5.55. The van der Waals surface area contributed by atoms with Gasteiger partial charge in [0.25, 0.3) is 5.91 Å². The van der Waals surface area contributed by atoms with E-state index in [2.05, 4.69) is 26.6 Å². The molecule has 0 aromatic heterocycles. The number of amides is 3. The van der Waals surface area contributed by atoms with Crippen molar-refractivity contribution in [3.8, 4) is 0 Å². The van der Waals surface area contributed by atoms with Crippen molar-refractivity contribution >= 4 is 33.8 Å². The van der Waals surface area contributed by atoms with Gasteiger partial charge in [-0.1, -0.05) is 28.1 Å². The molecule has 126 valence electrons. The summed E-state index contributed by atoms with van der Waals surface area (Å²) in [4.78, 5) is 38.6. The second-order valence-corrected chi connectivity index (χ2v) is 6.59. The van der Waals surface area contributed by atoms with E-state index in [1.54, 1.807) is 25.1 Å². The third-order valence-electron chi connectivity index (χ3n) is 3.96. The molecule has 0 unspecified atom stereocenters. The molecule has 7 nitrogen and oxygen atoms in total. The third-order valence-corrected chi connectivity index (χ3v) is 4.46. The number of hydrogen-bond acceptors (Lipinski definition) is 4. The molecule has 2 atom stereocenters. The van der Waals surface area contributed by atoms with E-state index in [0.717, 1.165) is 4.47 Å². The molecule has 3 amide bonds. The number of nitrogens with one attached hydrogen (secondary N) is 2. The average molecular weight is 394 g/mol. The van der Waals surface area contributed by atoms with Gasteiger partial charge in [-0.2, -0.15) is 0 Å². The van der Waals surface area contributed by atoms with Crippen molar-refractivity contribution in [1.29, 1.82) is 0 Å². The number of fused-ring (bicyclic) bond motifs is 1. The number of piperazine rings is 1. The molecule has 2 aliphatic rings. The van der Waals surface area contributed by atoms with Crippen LogP contribution in [0.3, 0.4) is 0 Å². The highest BCUT2D eigenvalue weighted by Gasteiger charge is 2.43. The largest absolute Gasteiger partial charge is 0.466 e. The highest BCUT2D eigenvalue weighted by atomic mass is 79.9. The number of hydrogen-bond donors (Lipinski definition) is 2. The Kier molecular flexibility index (Phi) is 4.31. The molecule has 1 aromatic carbocycles. The van der Waals surface area contributed by atoms with Crippen molar-refractivity contribution in [1.82, 2.24) is 15.5 Å². The smallest absolute Gasteiger partial charge is 0.338 e. The second kappa shape index (κ2) is 6.27. The predicted molar refractivity (Wildman–Crippen MR) is 88.8 cm³/mol. The first kappa shape index (κ1) is 16.5. The lowest BCUT2D eigenvalue weighted by Gasteiger charge is -2.40. The van der Waals surface area contributed by atoms with Gasteiger partial charge >= 0.3 is 12.0 Å². The van der Waals surface area contributed by atoms with E-state index in [1.165, 1.54) is 12.0 Å². The van der Waals surface area contributed by atoms with E-state index < -0.39 is 23.9 Å². The molecule has 0 bridgehead atoms. The topological polar surface area (TPSA) is 87.7 Å². The Morgan fingerprint density at radius 3 is 2.75 bits per heavy atom. The molecule has 2 N–H and O–H groups in total. The zero-order valence-corrected chi connectivity index (χ0v) is 14.7. The first-order valence-corrected chi connectivity index (χ1v) is 8.18. The molecule has 0 spiro atoms. The first-order valence-electron chi connectivity index (χ1n) is 7.39. The molecule has 3 rings (SSSR count). The van der Waals surface area contributed by atoms with E-state index in [0.29, 0.717) is 12.1 Å². The zero-order valence-electron chi connectivity index (χ0n) is 13.1. The van der Waals surface area contributed by atoms with Gasteiger partial charge in [0.05, 0.1) is 18.7 Å². The van der Waals surface area contributed by atoms with Crippen molar-refractivity contribution in [2.24, 2.45) is 0 Å². The van der Waals surface area contributed by atoms with Crippen LogP contribution in [0.1, 0.15) is 18.5 Å². The van der Waals surface area contributed by atoms with Crippen LogP contribution in [0.2, 0.25) is 0 Å². The van der Waals surface area contributed by atoms with Crippen LogP contribution in [0.4, 0.5) is 4.79 Å². The number of nitrogens with zero attached hydrogens (tertiary/aromatic N) is 1. The molecule has 1 saturated heterocycles. The van der Waals surface area contributed by atoms with Gasteiger partial charge in [0, 0.05) is 17.1 Å². The number of benzene rings is 1. The Hall–Kier alpha value is -2.35. The van der Waals surface area contributed by atoms with Gasteiger partial charge in [0.2, 0.25) is 0 Å². The quantitative estimate of drug-likeness (QED) is 0.744. The summed E-state index contributed by atoms with van der Waals surface area (Å²) >= 11 is 3.37. The number of carbonyl (C=O) groups excluding carboxylic acids is 3. The molecule has 0 saturated carbocycles. The summed E-state index contributed by atoms with van der Waals surface area (Å²) in [6.07, 6.45) is 0. The van der Waals surface area contributed by atoms with Crippen molar-refractivity contribution in [3.05, 3.63) is 45.6 Å². The minimum Gasteiger partial charge on any atom is -0.466 e. The van der Waals surface area contributed by atoms with Crippen LogP contribution in [0.5, 0.6) is 0 Å². The number of rotatable bonds is 2. The monoisotopic (exact) mass is 393 g/mol. The molecular formula is C16H16BrN3O4. The van der Waals surface area contributed by atoms with E-state index in [4.69, 9.17) is 4.74 Å². The fraction of sp³-hybridized carbons (Fsp3) is 0.312. The maximum atomic E-state index is 12.5. The normalized spacial score (nSPS) is 23.4. The maximum Gasteiger partial charge on any atom is 0.338 e. The fourth-order valence-corrected chi connectivity index (χ4v) is 3.37. The molecule has 0 aliphatic carbocycles. The molecule has 24 heavy (non-hydrogen) atoms. The number of esters is 1. The number of ether oxygens (including phenoxy) is 1. The highest BCUT2D eigenvalue weighted by molar-refractivity contribution is 9.10. The van der Waals surface area contributed by atoms with Crippen LogP contribution >= 0.6 is 15.9 Å². The summed E-state index contributed by atoms with van der Waals surface area (Å²) in [6.45, 7) is 2.08. The summed E-state index contributed by atoms with van der Waals surface area (Å²) in [5.41, 5.74) is 0.852. The Morgan fingerprint density at radius 1 is 1.33 bits per heavy atom. The van der Waals surface area contributed by atoms with Gasteiger partial charge in [-0.15, -0.1) is 0 Å². The Labute approximate surface area is 147 Å². The van der Waals surface area contributed by atoms with Crippen LogP contribution in [0.25, 0.3) is 0 Å². The average Bonchev–Trinajstić information content (AvgIpc) is 2.54. The van der Waals surface area contributed by atoms with Crippen molar-refractivity contribution < 1.29 is 19.1 Å². The Balaban J connectivity index is 2.18. The number of halogens is 1. The number of urea groups is 1. The van der Waals surface area contributed by atoms with Crippen LogP contribution in [-0.2, 0) is 14.3 Å². The second-order valence-electron chi connectivity index (χ2n) is 5.68. The SMILES string of the molecule is COC(=O)C1=C2C(=O)N[C@H](C)CN2C(=O)N[C@H]1c1cccc(Br)c1. The molecule has 0 radical (unpaired) electrons. The van der Waals surface area contributed by atoms with Gasteiger partial charge in [0.15, 0.2) is 0 Å². The standard InChI is InChI=1S/C16H16BrN3O4/c1-8-7-20-13(14(21)18-8)11(15(22)24-2)12(19-16(20)23)9-4-3-5-10(17)6-9/h3-6,8,12H,7H2,1-2H3,(H,18,21)(H,19,23)/t8-,12+/m1/s1. The van der Waals surface area contributed by atoms with Gasteiger partial charge in [-0.25, -0.2) is 9.59 Å². The lowest BCUT2D eigenvalue weighted by Crippen LogP contribution is -2.59. The molecule has 8 heteroatoms.